The van der Waals surface area contributed by atoms with E-state index >= 15 is 0 Å². The zero-order valence-corrected chi connectivity index (χ0v) is 10.8. The summed E-state index contributed by atoms with van der Waals surface area (Å²) in [5, 5.41) is 13.5. The highest BCUT2D eigenvalue weighted by Crippen LogP contribution is 2.30. The van der Waals surface area contributed by atoms with Crippen LogP contribution in [0.1, 0.15) is 18.9 Å². The number of ether oxygens (including phenoxy) is 1. The van der Waals surface area contributed by atoms with Crippen molar-refractivity contribution < 1.29 is 9.84 Å². The molecular weight excluding hydrogens is 228 g/mol. The van der Waals surface area contributed by atoms with Crippen LogP contribution in [-0.4, -0.2) is 22.0 Å². The number of aryl methyl sites for hydroxylation is 1. The SMILES string of the molecule is CCCn1cc(-c2cc(CO)ccc2OC)cn1. The van der Waals surface area contributed by atoms with Crippen molar-refractivity contribution in [3.05, 3.63) is 36.2 Å². The van der Waals surface area contributed by atoms with E-state index in [0.29, 0.717) is 0 Å². The molecule has 4 nitrogen and oxygen atoms in total. The normalized spacial score (nSPS) is 10.6. The second-order valence-electron chi connectivity index (χ2n) is 4.18. The van der Waals surface area contributed by atoms with Gasteiger partial charge in [0.05, 0.1) is 19.9 Å². The van der Waals surface area contributed by atoms with Gasteiger partial charge in [-0.2, -0.15) is 5.10 Å². The van der Waals surface area contributed by atoms with Crippen LogP contribution in [0.4, 0.5) is 0 Å². The van der Waals surface area contributed by atoms with Crippen molar-refractivity contribution in [1.82, 2.24) is 9.78 Å². The molecule has 4 heteroatoms. The molecule has 0 aliphatic rings. The Labute approximate surface area is 107 Å². The number of methoxy groups -OCH3 is 1. The second kappa shape index (κ2) is 5.69. The molecular formula is C14H18N2O2. The Morgan fingerprint density at radius 3 is 2.89 bits per heavy atom. The largest absolute Gasteiger partial charge is 0.496 e. The summed E-state index contributed by atoms with van der Waals surface area (Å²) < 4.78 is 7.27. The zero-order chi connectivity index (χ0) is 13.0. The van der Waals surface area contributed by atoms with Crippen LogP contribution in [0.25, 0.3) is 11.1 Å². The summed E-state index contributed by atoms with van der Waals surface area (Å²) in [5.41, 5.74) is 2.84. The highest BCUT2D eigenvalue weighted by Gasteiger charge is 2.09. The first-order valence-corrected chi connectivity index (χ1v) is 6.09. The summed E-state index contributed by atoms with van der Waals surface area (Å²) in [6.45, 7) is 3.05. The first kappa shape index (κ1) is 12.6. The first-order valence-electron chi connectivity index (χ1n) is 6.09. The lowest BCUT2D eigenvalue weighted by molar-refractivity contribution is 0.281. The molecule has 2 aromatic rings. The van der Waals surface area contributed by atoms with Gasteiger partial charge in [0.25, 0.3) is 0 Å². The summed E-state index contributed by atoms with van der Waals surface area (Å²) in [6, 6.07) is 5.67. The molecule has 18 heavy (non-hydrogen) atoms. The number of aliphatic hydroxyl groups excluding tert-OH is 1. The van der Waals surface area contributed by atoms with E-state index in [2.05, 4.69) is 12.0 Å². The molecule has 96 valence electrons. The van der Waals surface area contributed by atoms with Crippen molar-refractivity contribution in [2.75, 3.05) is 7.11 Å². The number of hydrogen-bond donors (Lipinski definition) is 1. The summed E-state index contributed by atoms with van der Waals surface area (Å²) in [4.78, 5) is 0. The molecule has 1 aromatic heterocycles. The van der Waals surface area contributed by atoms with E-state index in [-0.39, 0.29) is 6.61 Å². The Bertz CT molecular complexity index is 520. The minimum atomic E-state index is 0.0279. The maximum atomic E-state index is 9.20. The van der Waals surface area contributed by atoms with Crippen LogP contribution in [0.3, 0.4) is 0 Å². The predicted octanol–water partition coefficient (Wildman–Crippen LogP) is 2.46. The Hall–Kier alpha value is -1.81. The Balaban J connectivity index is 2.40. The minimum absolute atomic E-state index is 0.0279. The van der Waals surface area contributed by atoms with Crippen molar-refractivity contribution in [1.29, 1.82) is 0 Å². The van der Waals surface area contributed by atoms with Crippen LogP contribution < -0.4 is 4.74 Å². The molecule has 0 saturated carbocycles. The van der Waals surface area contributed by atoms with Gasteiger partial charge in [0.1, 0.15) is 5.75 Å². The number of aromatic nitrogens is 2. The minimum Gasteiger partial charge on any atom is -0.496 e. The molecule has 1 heterocycles. The standard InChI is InChI=1S/C14H18N2O2/c1-3-6-16-9-12(8-15-16)13-7-11(10-17)4-5-14(13)18-2/h4-5,7-9,17H,3,6,10H2,1-2H3. The van der Waals surface area contributed by atoms with E-state index in [1.54, 1.807) is 7.11 Å². The van der Waals surface area contributed by atoms with Crippen LogP contribution in [0.15, 0.2) is 30.6 Å². The number of nitrogens with zero attached hydrogens (tertiary/aromatic N) is 2. The molecule has 2 rings (SSSR count). The Morgan fingerprint density at radius 1 is 1.39 bits per heavy atom. The summed E-state index contributed by atoms with van der Waals surface area (Å²) in [6.07, 6.45) is 4.88. The summed E-state index contributed by atoms with van der Waals surface area (Å²) >= 11 is 0. The molecule has 1 aromatic carbocycles. The zero-order valence-electron chi connectivity index (χ0n) is 10.8. The van der Waals surface area contributed by atoms with Crippen LogP contribution in [-0.2, 0) is 13.2 Å². The van der Waals surface area contributed by atoms with E-state index < -0.39 is 0 Å². The fraction of sp³-hybridized carbons (Fsp3) is 0.357. The van der Waals surface area contributed by atoms with Gasteiger partial charge in [-0.3, -0.25) is 4.68 Å². The van der Waals surface area contributed by atoms with E-state index in [4.69, 9.17) is 4.74 Å². The molecule has 0 aliphatic heterocycles. The molecule has 0 bridgehead atoms. The smallest absolute Gasteiger partial charge is 0.126 e. The molecule has 1 N–H and O–H groups in total. The highest BCUT2D eigenvalue weighted by molar-refractivity contribution is 5.70. The third-order valence-corrected chi connectivity index (χ3v) is 2.84. The Morgan fingerprint density at radius 2 is 2.22 bits per heavy atom. The molecule has 0 aliphatic carbocycles. The van der Waals surface area contributed by atoms with Crippen molar-refractivity contribution in [2.24, 2.45) is 0 Å². The highest BCUT2D eigenvalue weighted by atomic mass is 16.5. The maximum Gasteiger partial charge on any atom is 0.126 e. The molecule has 0 spiro atoms. The van der Waals surface area contributed by atoms with Crippen molar-refractivity contribution in [2.45, 2.75) is 26.5 Å². The third-order valence-electron chi connectivity index (χ3n) is 2.84. The van der Waals surface area contributed by atoms with Gasteiger partial charge in [0.15, 0.2) is 0 Å². The number of hydrogen-bond acceptors (Lipinski definition) is 3. The van der Waals surface area contributed by atoms with Gasteiger partial charge in [-0.25, -0.2) is 0 Å². The molecule has 0 fully saturated rings. The quantitative estimate of drug-likeness (QED) is 0.881. The van der Waals surface area contributed by atoms with E-state index in [0.717, 1.165) is 35.4 Å². The van der Waals surface area contributed by atoms with Crippen molar-refractivity contribution in [3.8, 4) is 16.9 Å². The summed E-state index contributed by atoms with van der Waals surface area (Å²) in [5.74, 6) is 0.795. The molecule has 0 amide bonds. The molecule has 0 saturated heterocycles. The summed E-state index contributed by atoms with van der Waals surface area (Å²) in [7, 11) is 1.65. The van der Waals surface area contributed by atoms with Gasteiger partial charge < -0.3 is 9.84 Å². The van der Waals surface area contributed by atoms with Gasteiger partial charge in [0.2, 0.25) is 0 Å². The fourth-order valence-electron chi connectivity index (χ4n) is 1.93. The van der Waals surface area contributed by atoms with Crippen molar-refractivity contribution in [3.63, 3.8) is 0 Å². The lowest BCUT2D eigenvalue weighted by Crippen LogP contribution is -1.95. The molecule has 0 atom stereocenters. The monoisotopic (exact) mass is 246 g/mol. The number of rotatable bonds is 5. The van der Waals surface area contributed by atoms with Crippen LogP contribution in [0, 0.1) is 0 Å². The fourth-order valence-corrected chi connectivity index (χ4v) is 1.93. The lowest BCUT2D eigenvalue weighted by Gasteiger charge is -2.08. The third kappa shape index (κ3) is 2.54. The second-order valence-corrected chi connectivity index (χ2v) is 4.18. The van der Waals surface area contributed by atoms with E-state index in [9.17, 15) is 5.11 Å². The average Bonchev–Trinajstić information content (AvgIpc) is 2.87. The van der Waals surface area contributed by atoms with Crippen LogP contribution in [0.2, 0.25) is 0 Å². The number of benzene rings is 1. The average molecular weight is 246 g/mol. The molecule has 0 unspecified atom stereocenters. The van der Waals surface area contributed by atoms with Crippen molar-refractivity contribution >= 4 is 0 Å². The van der Waals surface area contributed by atoms with Gasteiger partial charge in [-0.05, 0) is 24.1 Å². The van der Waals surface area contributed by atoms with E-state index in [1.807, 2.05) is 35.3 Å². The topological polar surface area (TPSA) is 47.3 Å². The Kier molecular flexibility index (Phi) is 3.99. The molecule has 0 radical (unpaired) electrons. The van der Waals surface area contributed by atoms with Gasteiger partial charge in [-0.15, -0.1) is 0 Å². The van der Waals surface area contributed by atoms with Crippen LogP contribution >= 0.6 is 0 Å². The predicted molar refractivity (Wildman–Crippen MR) is 70.4 cm³/mol. The van der Waals surface area contributed by atoms with Crippen LogP contribution in [0.5, 0.6) is 5.75 Å². The lowest BCUT2D eigenvalue weighted by atomic mass is 10.1. The number of aliphatic hydroxyl groups is 1. The van der Waals surface area contributed by atoms with Gasteiger partial charge in [0, 0.05) is 23.9 Å². The first-order chi connectivity index (χ1) is 8.78. The van der Waals surface area contributed by atoms with E-state index in [1.165, 1.54) is 0 Å². The van der Waals surface area contributed by atoms with Gasteiger partial charge >= 0.3 is 0 Å². The van der Waals surface area contributed by atoms with Gasteiger partial charge in [-0.1, -0.05) is 13.0 Å². The maximum absolute atomic E-state index is 9.20.